The second-order valence-corrected chi connectivity index (χ2v) is 12.3. The summed E-state index contributed by atoms with van der Waals surface area (Å²) in [5.41, 5.74) is 8.71. The van der Waals surface area contributed by atoms with Crippen LogP contribution in [-0.2, 0) is 36.7 Å². The van der Waals surface area contributed by atoms with Gasteiger partial charge < -0.3 is 0 Å². The summed E-state index contributed by atoms with van der Waals surface area (Å²) >= 11 is -1.54. The molecular formula is C33H30Ti. The molecule has 0 unspecified atom stereocenters. The zero-order valence-electron chi connectivity index (χ0n) is 19.6. The second-order valence-electron chi connectivity index (χ2n) is 8.94. The number of benzene rings is 4. The summed E-state index contributed by atoms with van der Waals surface area (Å²) in [6.45, 7) is 0. The Bertz CT molecular complexity index is 1300. The Morgan fingerprint density at radius 3 is 1.91 bits per heavy atom. The van der Waals surface area contributed by atoms with E-state index in [1.165, 1.54) is 27.8 Å². The quantitative estimate of drug-likeness (QED) is 0.236. The summed E-state index contributed by atoms with van der Waals surface area (Å²) in [5.74, 6) is 0. The molecule has 4 aromatic rings. The Morgan fingerprint density at radius 1 is 0.647 bits per heavy atom. The van der Waals surface area contributed by atoms with Gasteiger partial charge in [0.25, 0.3) is 0 Å². The maximum Gasteiger partial charge on any atom is -0.0238 e. The zero-order chi connectivity index (χ0) is 23.2. The van der Waals surface area contributed by atoms with Crippen molar-refractivity contribution in [3.8, 4) is 11.1 Å². The average molecular weight is 474 g/mol. The molecule has 2 aliphatic carbocycles. The van der Waals surface area contributed by atoms with Crippen LogP contribution in [0.1, 0.15) is 28.7 Å². The minimum Gasteiger partial charge on any atom is -0.0622 e. The van der Waals surface area contributed by atoms with Gasteiger partial charge in [0.1, 0.15) is 0 Å². The van der Waals surface area contributed by atoms with Crippen LogP contribution in [0.3, 0.4) is 0 Å². The molecule has 0 aromatic heterocycles. The van der Waals surface area contributed by atoms with E-state index >= 15 is 0 Å². The van der Waals surface area contributed by atoms with Gasteiger partial charge in [-0.2, -0.15) is 0 Å². The van der Waals surface area contributed by atoms with Crippen molar-refractivity contribution in [2.75, 3.05) is 0 Å². The Labute approximate surface area is 209 Å². The molecule has 0 aliphatic heterocycles. The molecule has 0 atom stereocenters. The maximum atomic E-state index is 4.59. The van der Waals surface area contributed by atoms with Gasteiger partial charge in [0, 0.05) is 0 Å². The van der Waals surface area contributed by atoms with Gasteiger partial charge in [-0.05, 0) is 24.0 Å². The van der Waals surface area contributed by atoms with Crippen LogP contribution in [0.2, 0.25) is 0 Å². The Balaban J connectivity index is 0.000000152. The predicted octanol–water partition coefficient (Wildman–Crippen LogP) is 7.25. The minimum absolute atomic E-state index is 1.09. The molecule has 6 rings (SSSR count). The van der Waals surface area contributed by atoms with Gasteiger partial charge in [0.2, 0.25) is 0 Å². The van der Waals surface area contributed by atoms with Crippen molar-refractivity contribution in [1.29, 1.82) is 0 Å². The molecule has 34 heavy (non-hydrogen) atoms. The molecule has 0 heterocycles. The van der Waals surface area contributed by atoms with E-state index in [1.54, 1.807) is 13.3 Å². The third-order valence-corrected chi connectivity index (χ3v) is 10.3. The van der Waals surface area contributed by atoms with Crippen LogP contribution in [0.5, 0.6) is 0 Å². The molecule has 0 saturated heterocycles. The van der Waals surface area contributed by atoms with Crippen molar-refractivity contribution >= 4 is 8.69 Å². The van der Waals surface area contributed by atoms with Crippen molar-refractivity contribution in [2.24, 2.45) is 0 Å². The first-order valence-electron chi connectivity index (χ1n) is 12.1. The van der Waals surface area contributed by atoms with Crippen molar-refractivity contribution in [3.05, 3.63) is 147 Å². The van der Waals surface area contributed by atoms with E-state index in [0.29, 0.717) is 0 Å². The summed E-state index contributed by atoms with van der Waals surface area (Å²) in [6, 6.07) is 36.9. The van der Waals surface area contributed by atoms with Gasteiger partial charge >= 0.3 is 126 Å². The van der Waals surface area contributed by atoms with E-state index in [2.05, 4.69) is 126 Å². The monoisotopic (exact) mass is 474 g/mol. The third-order valence-electron chi connectivity index (χ3n) is 6.72. The summed E-state index contributed by atoms with van der Waals surface area (Å²) < 4.78 is 3.16. The van der Waals surface area contributed by atoms with Crippen LogP contribution in [-0.4, -0.2) is 4.82 Å². The van der Waals surface area contributed by atoms with E-state index in [4.69, 9.17) is 0 Å². The standard InChI is InChI=1S/C14H14.C13H9.C5H5.CH2.Ti/c1-3-7-13(8-4-1)11-12-14-9-5-2-6-10-14;1-3-7-12-10(5-1)9-11-6-2-4-8-13(11)12;1-2-4-5-3-1;;/h1-10H,11-12H2;1-5,7-8H,9H2;1-3H,4H2;1H2;. The molecule has 2 aliphatic rings. The maximum absolute atomic E-state index is 4.59. The van der Waals surface area contributed by atoms with Crippen LogP contribution >= 0.6 is 0 Å². The van der Waals surface area contributed by atoms with Crippen LogP contribution in [0.4, 0.5) is 0 Å². The van der Waals surface area contributed by atoms with Gasteiger partial charge in [0.15, 0.2) is 0 Å². The van der Waals surface area contributed by atoms with Gasteiger partial charge in [0.05, 0.1) is 0 Å². The molecule has 166 valence electrons. The molecule has 0 nitrogen and oxygen atoms in total. The van der Waals surface area contributed by atoms with E-state index in [0.717, 1.165) is 25.7 Å². The number of aryl methyl sites for hydroxylation is 2. The molecule has 1 heteroatoms. The number of fused-ring (bicyclic) bond motifs is 3. The molecule has 4 aromatic carbocycles. The second kappa shape index (κ2) is 10.9. The normalized spacial score (nSPS) is 12.9. The number of hydrogen-bond donors (Lipinski definition) is 0. The number of rotatable bonds is 5. The molecule has 0 spiro atoms. The molecule has 0 bridgehead atoms. The van der Waals surface area contributed by atoms with Crippen molar-refractivity contribution in [1.82, 2.24) is 0 Å². The predicted molar refractivity (Wildman–Crippen MR) is 144 cm³/mol. The average Bonchev–Trinajstić information content (AvgIpc) is 3.57. The Hall–Kier alpha value is -3.06. The molecule has 0 amide bonds. The number of hydrogen-bond acceptors (Lipinski definition) is 0. The Kier molecular flexibility index (Phi) is 7.29. The van der Waals surface area contributed by atoms with Gasteiger partial charge in [-0.1, -0.05) is 60.7 Å². The van der Waals surface area contributed by atoms with E-state index in [9.17, 15) is 0 Å². The summed E-state index contributed by atoms with van der Waals surface area (Å²) in [5, 5.41) is 0. The van der Waals surface area contributed by atoms with Crippen LogP contribution in [0.25, 0.3) is 11.1 Å². The minimum atomic E-state index is -1.54. The van der Waals surface area contributed by atoms with E-state index < -0.39 is 17.4 Å². The van der Waals surface area contributed by atoms with E-state index in [1.807, 2.05) is 0 Å². The van der Waals surface area contributed by atoms with Crippen LogP contribution in [0, 0.1) is 0 Å². The van der Waals surface area contributed by atoms with Gasteiger partial charge in [-0.15, -0.1) is 0 Å². The molecule has 0 fully saturated rings. The zero-order valence-corrected chi connectivity index (χ0v) is 21.1. The van der Waals surface area contributed by atoms with Gasteiger partial charge in [-0.25, -0.2) is 0 Å². The fourth-order valence-electron chi connectivity index (χ4n) is 4.86. The van der Waals surface area contributed by atoms with Crippen molar-refractivity contribution in [2.45, 2.75) is 25.7 Å². The van der Waals surface area contributed by atoms with Crippen LogP contribution < -0.4 is 3.87 Å². The molecule has 0 N–H and O–H groups in total. The SMILES string of the molecule is [CH2]=[Ti]([C]1=CC=CC1)[c]1cccc2c1Cc1ccccc1-2.c1ccc(CCc2ccccc2)cc1. The Morgan fingerprint density at radius 2 is 1.26 bits per heavy atom. The molecule has 0 saturated carbocycles. The summed E-state index contributed by atoms with van der Waals surface area (Å²) in [7, 11) is 0. The first kappa shape index (κ1) is 22.7. The van der Waals surface area contributed by atoms with Crippen LogP contribution in [0.15, 0.2) is 125 Å². The largest absolute Gasteiger partial charge is 0.0622 e. The van der Waals surface area contributed by atoms with Crippen molar-refractivity contribution in [3.63, 3.8) is 0 Å². The smallest absolute Gasteiger partial charge is 0.0238 e. The topological polar surface area (TPSA) is 0 Å². The molecule has 0 radical (unpaired) electrons. The first-order chi connectivity index (χ1) is 16.8. The van der Waals surface area contributed by atoms with Crippen molar-refractivity contribution < 1.29 is 17.4 Å². The third kappa shape index (κ3) is 5.20. The fraction of sp³-hybridized carbons (Fsp3) is 0.121. The fourth-order valence-corrected chi connectivity index (χ4v) is 7.82. The van der Waals surface area contributed by atoms with Gasteiger partial charge in [-0.3, -0.25) is 0 Å². The summed E-state index contributed by atoms with van der Waals surface area (Å²) in [6.07, 6.45) is 11.2. The first-order valence-corrected chi connectivity index (χ1v) is 14.8. The molecular weight excluding hydrogens is 444 g/mol. The summed E-state index contributed by atoms with van der Waals surface area (Å²) in [4.78, 5) is 4.59. The van der Waals surface area contributed by atoms with E-state index in [-0.39, 0.29) is 0 Å². The number of allylic oxidation sites excluding steroid dienone is 4.